The van der Waals surface area contributed by atoms with Crippen LogP contribution in [0.4, 0.5) is 13.2 Å². The molecular formula is C19H17F3N2O2. The highest BCUT2D eigenvalue weighted by Crippen LogP contribution is 2.31. The van der Waals surface area contributed by atoms with Gasteiger partial charge in [0.1, 0.15) is 5.78 Å². The largest absolute Gasteiger partial charge is 0.416 e. The van der Waals surface area contributed by atoms with Crippen LogP contribution in [0.15, 0.2) is 42.6 Å². The molecule has 1 heterocycles. The molecule has 1 aliphatic carbocycles. The van der Waals surface area contributed by atoms with Crippen LogP contribution in [-0.2, 0) is 23.9 Å². The molecule has 1 fully saturated rings. The lowest BCUT2D eigenvalue weighted by Gasteiger charge is -2.10. The molecule has 0 radical (unpaired) electrons. The van der Waals surface area contributed by atoms with Gasteiger partial charge in [0.2, 0.25) is 0 Å². The average molecular weight is 362 g/mol. The van der Waals surface area contributed by atoms with Crippen molar-refractivity contribution in [1.29, 1.82) is 0 Å². The van der Waals surface area contributed by atoms with Crippen LogP contribution in [0, 0.1) is 5.92 Å². The molecule has 0 spiro atoms. The average Bonchev–Trinajstić information content (AvgIpc) is 3.44. The molecule has 136 valence electrons. The summed E-state index contributed by atoms with van der Waals surface area (Å²) in [7, 11) is 0. The van der Waals surface area contributed by atoms with Crippen LogP contribution in [0.2, 0.25) is 0 Å². The molecule has 0 atom stereocenters. The molecule has 3 rings (SSSR count). The van der Waals surface area contributed by atoms with E-state index in [1.807, 2.05) is 0 Å². The van der Waals surface area contributed by atoms with E-state index in [1.165, 1.54) is 24.4 Å². The van der Waals surface area contributed by atoms with Gasteiger partial charge in [-0.15, -0.1) is 0 Å². The second kappa shape index (κ2) is 7.27. The van der Waals surface area contributed by atoms with Gasteiger partial charge in [-0.25, -0.2) is 0 Å². The Morgan fingerprint density at radius 1 is 1.15 bits per heavy atom. The Hall–Kier alpha value is -2.70. The first-order valence-electron chi connectivity index (χ1n) is 8.25. The van der Waals surface area contributed by atoms with Crippen LogP contribution in [0.3, 0.4) is 0 Å². The summed E-state index contributed by atoms with van der Waals surface area (Å²) in [5.74, 6) is -0.181. The first-order valence-corrected chi connectivity index (χ1v) is 8.25. The van der Waals surface area contributed by atoms with Crippen molar-refractivity contribution in [3.63, 3.8) is 0 Å². The normalized spacial score (nSPS) is 14.1. The molecule has 0 aliphatic heterocycles. The number of carbonyl (C=O) groups is 2. The smallest absolute Gasteiger partial charge is 0.348 e. The number of hydrogen-bond acceptors (Lipinski definition) is 3. The maximum atomic E-state index is 12.7. The van der Waals surface area contributed by atoms with Crippen LogP contribution in [0.1, 0.15) is 40.0 Å². The van der Waals surface area contributed by atoms with E-state index < -0.39 is 17.6 Å². The number of hydrogen-bond donors (Lipinski definition) is 1. The molecule has 1 amide bonds. The van der Waals surface area contributed by atoms with Crippen LogP contribution >= 0.6 is 0 Å². The van der Waals surface area contributed by atoms with Crippen molar-refractivity contribution in [1.82, 2.24) is 10.3 Å². The van der Waals surface area contributed by atoms with Gasteiger partial charge in [-0.2, -0.15) is 13.2 Å². The standard InChI is InChI=1S/C19H17F3N2O2/c20-19(21,22)15-3-1-2-12(8-15)11-24-18(26)14-6-7-23-16(9-14)10-17(25)13-4-5-13/h1-3,6-9,13H,4-5,10-11H2,(H,24,26). The fourth-order valence-electron chi connectivity index (χ4n) is 2.59. The second-order valence-electron chi connectivity index (χ2n) is 6.33. The van der Waals surface area contributed by atoms with Crippen molar-refractivity contribution >= 4 is 11.7 Å². The first-order chi connectivity index (χ1) is 12.3. The quantitative estimate of drug-likeness (QED) is 0.855. The second-order valence-corrected chi connectivity index (χ2v) is 6.33. The highest BCUT2D eigenvalue weighted by molar-refractivity contribution is 5.94. The van der Waals surface area contributed by atoms with Crippen LogP contribution < -0.4 is 5.32 Å². The Bertz CT molecular complexity index is 830. The summed E-state index contributed by atoms with van der Waals surface area (Å²) in [6, 6.07) is 7.86. The molecule has 7 heteroatoms. The number of halogens is 3. The number of benzene rings is 1. The Morgan fingerprint density at radius 2 is 1.92 bits per heavy atom. The van der Waals surface area contributed by atoms with E-state index in [-0.39, 0.29) is 24.7 Å². The Balaban J connectivity index is 1.62. The summed E-state index contributed by atoms with van der Waals surface area (Å²) in [5, 5.41) is 2.59. The van der Waals surface area contributed by atoms with Gasteiger partial charge in [-0.1, -0.05) is 12.1 Å². The van der Waals surface area contributed by atoms with E-state index in [1.54, 1.807) is 6.07 Å². The van der Waals surface area contributed by atoms with Gasteiger partial charge in [0, 0.05) is 36.3 Å². The summed E-state index contributed by atoms with van der Waals surface area (Å²) >= 11 is 0. The van der Waals surface area contributed by atoms with Crippen molar-refractivity contribution in [3.8, 4) is 0 Å². The topological polar surface area (TPSA) is 59.1 Å². The van der Waals surface area contributed by atoms with Gasteiger partial charge in [0.05, 0.1) is 5.56 Å². The van der Waals surface area contributed by atoms with Gasteiger partial charge < -0.3 is 5.32 Å². The van der Waals surface area contributed by atoms with Crippen LogP contribution in [0.25, 0.3) is 0 Å². The zero-order valence-electron chi connectivity index (χ0n) is 13.8. The zero-order valence-corrected chi connectivity index (χ0v) is 13.8. The van der Waals surface area contributed by atoms with E-state index >= 15 is 0 Å². The van der Waals surface area contributed by atoms with Gasteiger partial charge in [0.15, 0.2) is 0 Å². The van der Waals surface area contributed by atoms with Gasteiger partial charge >= 0.3 is 6.18 Å². The van der Waals surface area contributed by atoms with Crippen LogP contribution in [-0.4, -0.2) is 16.7 Å². The number of nitrogens with zero attached hydrogens (tertiary/aromatic N) is 1. The van der Waals surface area contributed by atoms with Gasteiger partial charge in [0.25, 0.3) is 5.91 Å². The molecule has 0 saturated heterocycles. The third kappa shape index (κ3) is 4.68. The van der Waals surface area contributed by atoms with Crippen molar-refractivity contribution < 1.29 is 22.8 Å². The summed E-state index contributed by atoms with van der Waals surface area (Å²) in [6.45, 7) is -0.0264. The van der Waals surface area contributed by atoms with Gasteiger partial charge in [-0.3, -0.25) is 14.6 Å². The molecule has 1 saturated carbocycles. The van der Waals surface area contributed by atoms with E-state index in [0.717, 1.165) is 25.0 Å². The molecule has 1 aliphatic rings. The number of aromatic nitrogens is 1. The Morgan fingerprint density at radius 3 is 2.62 bits per heavy atom. The zero-order chi connectivity index (χ0) is 18.7. The van der Waals surface area contributed by atoms with Crippen molar-refractivity contribution in [2.75, 3.05) is 0 Å². The van der Waals surface area contributed by atoms with Crippen molar-refractivity contribution in [3.05, 3.63) is 65.0 Å². The number of rotatable bonds is 6. The third-order valence-corrected chi connectivity index (χ3v) is 4.17. The minimum Gasteiger partial charge on any atom is -0.348 e. The highest BCUT2D eigenvalue weighted by Gasteiger charge is 2.30. The number of alkyl halides is 3. The van der Waals surface area contributed by atoms with E-state index in [9.17, 15) is 22.8 Å². The number of carbonyl (C=O) groups excluding carboxylic acids is 2. The minimum atomic E-state index is -4.42. The number of Topliss-reactive ketones (excluding diaryl/α,β-unsaturated/α-hetero) is 1. The molecule has 1 aromatic carbocycles. The molecule has 0 unspecified atom stereocenters. The Labute approximate surface area is 148 Å². The fraction of sp³-hybridized carbons (Fsp3) is 0.316. The minimum absolute atomic E-state index is 0.0264. The lowest BCUT2D eigenvalue weighted by atomic mass is 10.1. The molecular weight excluding hydrogens is 345 g/mol. The molecule has 1 N–H and O–H groups in total. The number of nitrogens with one attached hydrogen (secondary N) is 1. The molecule has 4 nitrogen and oxygen atoms in total. The van der Waals surface area contributed by atoms with E-state index in [4.69, 9.17) is 0 Å². The number of amides is 1. The summed E-state index contributed by atoms with van der Waals surface area (Å²) in [6.07, 6.45) is -0.950. The molecule has 26 heavy (non-hydrogen) atoms. The third-order valence-electron chi connectivity index (χ3n) is 4.17. The van der Waals surface area contributed by atoms with Gasteiger partial charge in [-0.05, 0) is 42.7 Å². The first kappa shape index (κ1) is 18.1. The summed E-state index contributed by atoms with van der Waals surface area (Å²) < 4.78 is 38.2. The summed E-state index contributed by atoms with van der Waals surface area (Å²) in [4.78, 5) is 28.2. The maximum Gasteiger partial charge on any atom is 0.416 e. The Kier molecular flexibility index (Phi) is 5.06. The SMILES string of the molecule is O=C(NCc1cccc(C(F)(F)F)c1)c1ccnc(CC(=O)C2CC2)c1. The lowest BCUT2D eigenvalue weighted by molar-refractivity contribution is -0.137. The summed E-state index contributed by atoms with van der Waals surface area (Å²) in [5.41, 5.74) is 0.444. The lowest BCUT2D eigenvalue weighted by Crippen LogP contribution is -2.23. The fourth-order valence-corrected chi connectivity index (χ4v) is 2.59. The molecule has 2 aromatic rings. The van der Waals surface area contributed by atoms with Crippen LogP contribution in [0.5, 0.6) is 0 Å². The number of pyridine rings is 1. The maximum absolute atomic E-state index is 12.7. The monoisotopic (exact) mass is 362 g/mol. The highest BCUT2D eigenvalue weighted by atomic mass is 19.4. The molecule has 1 aromatic heterocycles. The molecule has 0 bridgehead atoms. The van der Waals surface area contributed by atoms with Crippen molar-refractivity contribution in [2.45, 2.75) is 32.0 Å². The predicted octanol–water partition coefficient (Wildman–Crippen LogP) is 3.55. The van der Waals surface area contributed by atoms with E-state index in [0.29, 0.717) is 16.8 Å². The predicted molar refractivity (Wildman–Crippen MR) is 88.3 cm³/mol. The number of ketones is 1. The van der Waals surface area contributed by atoms with Crippen molar-refractivity contribution in [2.24, 2.45) is 5.92 Å². The van der Waals surface area contributed by atoms with E-state index in [2.05, 4.69) is 10.3 Å².